The molecule has 0 atom stereocenters. The first-order valence-corrected chi connectivity index (χ1v) is 5.31. The van der Waals surface area contributed by atoms with E-state index in [1.54, 1.807) is 0 Å². The first-order chi connectivity index (χ1) is 7.93. The molecule has 0 unspecified atom stereocenters. The van der Waals surface area contributed by atoms with Gasteiger partial charge in [-0.15, -0.1) is 0 Å². The van der Waals surface area contributed by atoms with Crippen molar-refractivity contribution in [3.05, 3.63) is 65.9 Å². The van der Waals surface area contributed by atoms with Crippen molar-refractivity contribution in [1.29, 1.82) is 0 Å². The summed E-state index contributed by atoms with van der Waals surface area (Å²) >= 11 is 0. The molecule has 0 saturated carbocycles. The van der Waals surface area contributed by atoms with Crippen LogP contribution in [0.3, 0.4) is 0 Å². The second-order valence-corrected chi connectivity index (χ2v) is 3.79. The molecule has 0 N–H and O–H groups in total. The highest BCUT2D eigenvalue weighted by Crippen LogP contribution is 2.20. The highest BCUT2D eigenvalue weighted by atomic mass is 16.5. The van der Waals surface area contributed by atoms with Crippen LogP contribution < -0.4 is 0 Å². The number of fused-ring (bicyclic) bond motifs is 1. The van der Waals surface area contributed by atoms with Gasteiger partial charge < -0.3 is 4.52 Å². The minimum Gasteiger partial charge on any atom is -0.356 e. The predicted octanol–water partition coefficient (Wildman–Crippen LogP) is 3.42. The molecule has 0 radical (unpaired) electrons. The van der Waals surface area contributed by atoms with E-state index in [1.165, 1.54) is 5.56 Å². The van der Waals surface area contributed by atoms with Gasteiger partial charge in [0.05, 0.1) is 5.69 Å². The Morgan fingerprint density at radius 3 is 2.50 bits per heavy atom. The molecule has 0 saturated heterocycles. The quantitative estimate of drug-likeness (QED) is 0.646. The molecule has 3 aromatic rings. The van der Waals surface area contributed by atoms with Crippen molar-refractivity contribution in [2.24, 2.45) is 0 Å². The molecule has 0 aliphatic heterocycles. The number of rotatable bonds is 2. The number of hydrogen-bond acceptors (Lipinski definition) is 2. The lowest BCUT2D eigenvalue weighted by Crippen LogP contribution is -1.87. The Labute approximate surface area is 93.5 Å². The van der Waals surface area contributed by atoms with Crippen LogP contribution in [-0.2, 0) is 6.42 Å². The highest BCUT2D eigenvalue weighted by molar-refractivity contribution is 5.79. The maximum Gasteiger partial charge on any atom is 0.167 e. The molecule has 0 aliphatic carbocycles. The first-order valence-electron chi connectivity index (χ1n) is 5.31. The average molecular weight is 209 g/mol. The van der Waals surface area contributed by atoms with Crippen molar-refractivity contribution in [3.8, 4) is 0 Å². The van der Waals surface area contributed by atoms with E-state index in [-0.39, 0.29) is 0 Å². The zero-order chi connectivity index (χ0) is 10.8. The summed E-state index contributed by atoms with van der Waals surface area (Å²) < 4.78 is 5.27. The molecular formula is C14H11NO. The lowest BCUT2D eigenvalue weighted by Gasteiger charge is -1.96. The van der Waals surface area contributed by atoms with Gasteiger partial charge in [0, 0.05) is 11.8 Å². The van der Waals surface area contributed by atoms with Gasteiger partial charge in [-0.25, -0.2) is 0 Å². The summed E-state index contributed by atoms with van der Waals surface area (Å²) in [5, 5.41) is 5.22. The zero-order valence-electron chi connectivity index (χ0n) is 8.76. The van der Waals surface area contributed by atoms with Gasteiger partial charge in [0.2, 0.25) is 0 Å². The number of aromatic nitrogens is 1. The van der Waals surface area contributed by atoms with E-state index in [4.69, 9.17) is 4.52 Å². The number of hydrogen-bond donors (Lipinski definition) is 0. The Hall–Kier alpha value is -2.09. The summed E-state index contributed by atoms with van der Waals surface area (Å²) in [6, 6.07) is 18.3. The maximum atomic E-state index is 5.27. The van der Waals surface area contributed by atoms with Crippen LogP contribution in [0.5, 0.6) is 0 Å². The van der Waals surface area contributed by atoms with Gasteiger partial charge in [-0.05, 0) is 17.7 Å². The third-order valence-electron chi connectivity index (χ3n) is 2.67. The summed E-state index contributed by atoms with van der Waals surface area (Å²) in [5.41, 5.74) is 3.11. The van der Waals surface area contributed by atoms with Crippen LogP contribution in [0, 0.1) is 0 Å². The first kappa shape index (κ1) is 9.16. The van der Waals surface area contributed by atoms with E-state index in [2.05, 4.69) is 17.3 Å². The monoisotopic (exact) mass is 209 g/mol. The van der Waals surface area contributed by atoms with Crippen molar-refractivity contribution >= 4 is 11.0 Å². The van der Waals surface area contributed by atoms with Gasteiger partial charge in [-0.2, -0.15) is 0 Å². The van der Waals surface area contributed by atoms with Crippen molar-refractivity contribution in [3.63, 3.8) is 0 Å². The van der Waals surface area contributed by atoms with Crippen LogP contribution in [0.4, 0.5) is 0 Å². The molecular weight excluding hydrogens is 198 g/mol. The van der Waals surface area contributed by atoms with Crippen LogP contribution in [0.1, 0.15) is 11.3 Å². The van der Waals surface area contributed by atoms with Gasteiger partial charge in [-0.1, -0.05) is 47.6 Å². The Kier molecular flexibility index (Phi) is 2.18. The maximum absolute atomic E-state index is 5.27. The fourth-order valence-electron chi connectivity index (χ4n) is 1.85. The van der Waals surface area contributed by atoms with Crippen LogP contribution >= 0.6 is 0 Å². The van der Waals surface area contributed by atoms with Gasteiger partial charge in [0.15, 0.2) is 5.58 Å². The third-order valence-corrected chi connectivity index (χ3v) is 2.67. The van der Waals surface area contributed by atoms with E-state index in [0.29, 0.717) is 0 Å². The second kappa shape index (κ2) is 3.81. The molecule has 78 valence electrons. The summed E-state index contributed by atoms with van der Waals surface area (Å²) in [4.78, 5) is 0. The van der Waals surface area contributed by atoms with Gasteiger partial charge in [-0.3, -0.25) is 0 Å². The van der Waals surface area contributed by atoms with E-state index in [0.717, 1.165) is 23.1 Å². The third kappa shape index (κ3) is 1.58. The Morgan fingerprint density at radius 1 is 0.875 bits per heavy atom. The lowest BCUT2D eigenvalue weighted by molar-refractivity contribution is 0.448. The molecule has 2 heteroatoms. The molecule has 3 rings (SSSR count). The van der Waals surface area contributed by atoms with Crippen LogP contribution in [0.15, 0.2) is 59.1 Å². The van der Waals surface area contributed by atoms with Gasteiger partial charge in [0.1, 0.15) is 0 Å². The Bertz CT molecular complexity index is 598. The summed E-state index contributed by atoms with van der Waals surface area (Å²) in [7, 11) is 0. The predicted molar refractivity (Wildman–Crippen MR) is 63.3 cm³/mol. The molecule has 2 aromatic carbocycles. The zero-order valence-corrected chi connectivity index (χ0v) is 8.76. The van der Waals surface area contributed by atoms with E-state index in [9.17, 15) is 0 Å². The number of para-hydroxylation sites is 1. The van der Waals surface area contributed by atoms with Crippen LogP contribution in [-0.4, -0.2) is 5.16 Å². The second-order valence-electron chi connectivity index (χ2n) is 3.79. The molecule has 16 heavy (non-hydrogen) atoms. The van der Waals surface area contributed by atoms with Crippen LogP contribution in [0.2, 0.25) is 0 Å². The standard InChI is InChI=1S/C14H11NO/c1-2-6-11(7-3-1)10-13-12-8-4-5-9-14(12)16-15-13/h1-9H,10H2. The fraction of sp³-hybridized carbons (Fsp3) is 0.0714. The molecule has 0 aliphatic rings. The summed E-state index contributed by atoms with van der Waals surface area (Å²) in [5.74, 6) is 0. The fourth-order valence-corrected chi connectivity index (χ4v) is 1.85. The highest BCUT2D eigenvalue weighted by Gasteiger charge is 2.07. The van der Waals surface area contributed by atoms with Crippen molar-refractivity contribution < 1.29 is 4.52 Å². The summed E-state index contributed by atoms with van der Waals surface area (Å²) in [6.07, 6.45) is 0.817. The molecule has 1 heterocycles. The van der Waals surface area contributed by atoms with Crippen molar-refractivity contribution in [2.45, 2.75) is 6.42 Å². The van der Waals surface area contributed by atoms with Crippen molar-refractivity contribution in [2.75, 3.05) is 0 Å². The number of nitrogens with zero attached hydrogens (tertiary/aromatic N) is 1. The summed E-state index contributed by atoms with van der Waals surface area (Å²) in [6.45, 7) is 0. The minimum absolute atomic E-state index is 0.817. The Morgan fingerprint density at radius 2 is 1.62 bits per heavy atom. The van der Waals surface area contributed by atoms with E-state index >= 15 is 0 Å². The lowest BCUT2D eigenvalue weighted by atomic mass is 10.1. The average Bonchev–Trinajstić information content (AvgIpc) is 2.74. The Balaban J connectivity index is 2.01. The topological polar surface area (TPSA) is 26.0 Å². The minimum atomic E-state index is 0.817. The largest absolute Gasteiger partial charge is 0.356 e. The van der Waals surface area contributed by atoms with E-state index in [1.807, 2.05) is 42.5 Å². The normalized spacial score (nSPS) is 10.8. The molecule has 0 fully saturated rings. The van der Waals surface area contributed by atoms with E-state index < -0.39 is 0 Å². The van der Waals surface area contributed by atoms with Crippen molar-refractivity contribution in [1.82, 2.24) is 5.16 Å². The van der Waals surface area contributed by atoms with Gasteiger partial charge in [0.25, 0.3) is 0 Å². The molecule has 1 aromatic heterocycles. The molecule has 0 amide bonds. The SMILES string of the molecule is c1ccc(Cc2noc3ccccc23)cc1. The smallest absolute Gasteiger partial charge is 0.167 e. The molecule has 0 spiro atoms. The van der Waals surface area contributed by atoms with Gasteiger partial charge >= 0.3 is 0 Å². The number of benzene rings is 2. The molecule has 2 nitrogen and oxygen atoms in total. The van der Waals surface area contributed by atoms with Crippen LogP contribution in [0.25, 0.3) is 11.0 Å². The molecule has 0 bridgehead atoms.